The first kappa shape index (κ1) is 10.7. The molecule has 0 aliphatic carbocycles. The predicted molar refractivity (Wildman–Crippen MR) is 57.7 cm³/mol. The summed E-state index contributed by atoms with van der Waals surface area (Å²) < 4.78 is 12.2. The fourth-order valence-electron chi connectivity index (χ4n) is 2.58. The summed E-state index contributed by atoms with van der Waals surface area (Å²) in [4.78, 5) is 15.9. The van der Waals surface area contributed by atoms with Crippen LogP contribution in [0, 0.1) is 0 Å². The zero-order valence-electron chi connectivity index (χ0n) is 9.81. The van der Waals surface area contributed by atoms with Crippen molar-refractivity contribution < 1.29 is 14.3 Å². The molecule has 1 unspecified atom stereocenters. The lowest BCUT2D eigenvalue weighted by Gasteiger charge is -2.17. The van der Waals surface area contributed by atoms with Crippen LogP contribution in [0.5, 0.6) is 0 Å². The van der Waals surface area contributed by atoms with Gasteiger partial charge in [0.1, 0.15) is 5.82 Å². The molecule has 92 valence electrons. The highest BCUT2D eigenvalue weighted by molar-refractivity contribution is 5.85. The number of ether oxygens (including phenoxy) is 2. The van der Waals surface area contributed by atoms with E-state index < -0.39 is 5.97 Å². The van der Waals surface area contributed by atoms with Gasteiger partial charge in [-0.05, 0) is 19.8 Å². The van der Waals surface area contributed by atoms with E-state index >= 15 is 0 Å². The van der Waals surface area contributed by atoms with Crippen LogP contribution >= 0.6 is 0 Å². The highest BCUT2D eigenvalue weighted by atomic mass is 16.5. The number of fused-ring (bicyclic) bond motifs is 2. The number of carbonyl (C=O) groups is 1. The van der Waals surface area contributed by atoms with Gasteiger partial charge in [-0.15, -0.1) is 5.10 Å². The molecule has 1 fully saturated rings. The average molecular weight is 237 g/mol. The van der Waals surface area contributed by atoms with E-state index in [0.29, 0.717) is 13.2 Å². The van der Waals surface area contributed by atoms with E-state index in [0.717, 1.165) is 31.8 Å². The SMILES string of the molecule is CCOC(=O)c1nc2n(n1)CCC21CCOC1. The van der Waals surface area contributed by atoms with E-state index in [2.05, 4.69) is 10.1 Å². The summed E-state index contributed by atoms with van der Waals surface area (Å²) in [6.07, 6.45) is 1.97. The van der Waals surface area contributed by atoms with Gasteiger partial charge in [0.25, 0.3) is 5.82 Å². The van der Waals surface area contributed by atoms with Gasteiger partial charge < -0.3 is 9.47 Å². The van der Waals surface area contributed by atoms with Crippen LogP contribution in [-0.4, -0.2) is 40.6 Å². The van der Waals surface area contributed by atoms with Gasteiger partial charge in [-0.1, -0.05) is 0 Å². The van der Waals surface area contributed by atoms with Crippen LogP contribution in [0.2, 0.25) is 0 Å². The first-order valence-electron chi connectivity index (χ1n) is 5.95. The minimum absolute atomic E-state index is 0.0161. The molecule has 6 nitrogen and oxygen atoms in total. The number of aryl methyl sites for hydroxylation is 1. The normalized spacial score (nSPS) is 26.4. The lowest BCUT2D eigenvalue weighted by molar-refractivity contribution is 0.0511. The van der Waals surface area contributed by atoms with E-state index in [1.165, 1.54) is 0 Å². The second-order valence-corrected chi connectivity index (χ2v) is 4.54. The maximum Gasteiger partial charge on any atom is 0.378 e. The Kier molecular flexibility index (Phi) is 2.39. The first-order chi connectivity index (χ1) is 8.25. The third-order valence-corrected chi connectivity index (χ3v) is 3.51. The Hall–Kier alpha value is -1.43. The minimum atomic E-state index is -0.441. The zero-order valence-corrected chi connectivity index (χ0v) is 9.81. The standard InChI is InChI=1S/C11H15N3O3/c1-2-17-9(15)8-12-10-11(4-6-16-7-11)3-5-14(10)13-8/h2-7H2,1H3. The molecule has 17 heavy (non-hydrogen) atoms. The molecule has 2 aliphatic heterocycles. The van der Waals surface area contributed by atoms with Gasteiger partial charge in [0.2, 0.25) is 0 Å². The Morgan fingerprint density at radius 1 is 1.59 bits per heavy atom. The molecule has 0 saturated carbocycles. The summed E-state index contributed by atoms with van der Waals surface area (Å²) in [6.45, 7) is 4.38. The maximum absolute atomic E-state index is 11.6. The number of aromatic nitrogens is 3. The van der Waals surface area contributed by atoms with Crippen LogP contribution < -0.4 is 0 Å². The molecular formula is C11H15N3O3. The Labute approximate surface area is 98.9 Å². The monoisotopic (exact) mass is 237 g/mol. The van der Waals surface area contributed by atoms with Crippen molar-refractivity contribution in [2.45, 2.75) is 31.7 Å². The molecule has 2 aliphatic rings. The zero-order chi connectivity index (χ0) is 11.9. The van der Waals surface area contributed by atoms with Gasteiger partial charge in [-0.3, -0.25) is 0 Å². The van der Waals surface area contributed by atoms with Crippen molar-refractivity contribution in [3.63, 3.8) is 0 Å². The molecule has 0 radical (unpaired) electrons. The molecule has 1 spiro atoms. The van der Waals surface area contributed by atoms with Crippen molar-refractivity contribution in [2.24, 2.45) is 0 Å². The van der Waals surface area contributed by atoms with E-state index in [9.17, 15) is 4.79 Å². The Morgan fingerprint density at radius 2 is 2.47 bits per heavy atom. The molecular weight excluding hydrogens is 222 g/mol. The largest absolute Gasteiger partial charge is 0.460 e. The molecule has 0 bridgehead atoms. The van der Waals surface area contributed by atoms with Crippen LogP contribution in [0.25, 0.3) is 0 Å². The smallest absolute Gasteiger partial charge is 0.378 e. The predicted octanol–water partition coefficient (Wildman–Crippen LogP) is 0.517. The fraction of sp³-hybridized carbons (Fsp3) is 0.727. The van der Waals surface area contributed by atoms with E-state index in [1.807, 2.05) is 4.68 Å². The quantitative estimate of drug-likeness (QED) is 0.701. The maximum atomic E-state index is 11.6. The van der Waals surface area contributed by atoms with Gasteiger partial charge in [-0.2, -0.15) is 0 Å². The lowest BCUT2D eigenvalue weighted by atomic mass is 9.85. The van der Waals surface area contributed by atoms with Gasteiger partial charge >= 0.3 is 5.97 Å². The number of hydrogen-bond donors (Lipinski definition) is 0. The molecule has 1 saturated heterocycles. The molecule has 0 N–H and O–H groups in total. The second-order valence-electron chi connectivity index (χ2n) is 4.54. The average Bonchev–Trinajstić information content (AvgIpc) is 3.00. The van der Waals surface area contributed by atoms with Crippen LogP contribution in [0.1, 0.15) is 36.2 Å². The lowest BCUT2D eigenvalue weighted by Crippen LogP contribution is -2.24. The summed E-state index contributed by atoms with van der Waals surface area (Å²) in [5, 5.41) is 4.20. The van der Waals surface area contributed by atoms with Crippen LogP contribution in [0.4, 0.5) is 0 Å². The summed E-state index contributed by atoms with van der Waals surface area (Å²) in [5.41, 5.74) is -0.0161. The number of hydrogen-bond acceptors (Lipinski definition) is 5. The number of esters is 1. The summed E-state index contributed by atoms with van der Waals surface area (Å²) >= 11 is 0. The number of nitrogens with zero attached hydrogens (tertiary/aromatic N) is 3. The molecule has 3 heterocycles. The highest BCUT2D eigenvalue weighted by Gasteiger charge is 2.45. The van der Waals surface area contributed by atoms with Gasteiger partial charge in [0, 0.05) is 13.2 Å². The van der Waals surface area contributed by atoms with Crippen LogP contribution in [-0.2, 0) is 21.4 Å². The topological polar surface area (TPSA) is 66.2 Å². The van der Waals surface area contributed by atoms with E-state index in [4.69, 9.17) is 9.47 Å². The second kappa shape index (κ2) is 3.80. The number of carbonyl (C=O) groups excluding carboxylic acids is 1. The summed E-state index contributed by atoms with van der Waals surface area (Å²) in [5.74, 6) is 0.620. The minimum Gasteiger partial charge on any atom is -0.460 e. The molecule has 1 atom stereocenters. The van der Waals surface area contributed by atoms with Crippen molar-refractivity contribution in [2.75, 3.05) is 19.8 Å². The molecule has 0 aromatic carbocycles. The van der Waals surface area contributed by atoms with Gasteiger partial charge in [0.05, 0.1) is 18.6 Å². The van der Waals surface area contributed by atoms with Crippen molar-refractivity contribution in [1.29, 1.82) is 0 Å². The van der Waals surface area contributed by atoms with Crippen molar-refractivity contribution in [3.8, 4) is 0 Å². The number of rotatable bonds is 2. The molecule has 3 rings (SSSR count). The Morgan fingerprint density at radius 3 is 3.18 bits per heavy atom. The molecule has 1 aromatic rings. The van der Waals surface area contributed by atoms with Crippen molar-refractivity contribution in [3.05, 3.63) is 11.6 Å². The van der Waals surface area contributed by atoms with Crippen molar-refractivity contribution >= 4 is 5.97 Å². The Bertz CT molecular complexity index is 449. The van der Waals surface area contributed by atoms with E-state index in [-0.39, 0.29) is 11.2 Å². The summed E-state index contributed by atoms with van der Waals surface area (Å²) in [6, 6.07) is 0. The third-order valence-electron chi connectivity index (χ3n) is 3.51. The Balaban J connectivity index is 1.91. The first-order valence-corrected chi connectivity index (χ1v) is 5.95. The molecule has 0 amide bonds. The van der Waals surface area contributed by atoms with Gasteiger partial charge in [0.15, 0.2) is 0 Å². The third kappa shape index (κ3) is 1.55. The van der Waals surface area contributed by atoms with Crippen LogP contribution in [0.3, 0.4) is 0 Å². The van der Waals surface area contributed by atoms with Crippen molar-refractivity contribution in [1.82, 2.24) is 14.8 Å². The van der Waals surface area contributed by atoms with Crippen LogP contribution in [0.15, 0.2) is 0 Å². The molecule has 1 aromatic heterocycles. The summed E-state index contributed by atoms with van der Waals surface area (Å²) in [7, 11) is 0. The van der Waals surface area contributed by atoms with E-state index in [1.54, 1.807) is 6.92 Å². The fourth-order valence-corrected chi connectivity index (χ4v) is 2.58. The van der Waals surface area contributed by atoms with Gasteiger partial charge in [-0.25, -0.2) is 14.5 Å². The molecule has 6 heteroatoms. The highest BCUT2D eigenvalue weighted by Crippen LogP contribution is 2.40.